The molecule has 1 heterocycles. The van der Waals surface area contributed by atoms with Crippen LogP contribution in [0.3, 0.4) is 0 Å². The van der Waals surface area contributed by atoms with Crippen molar-refractivity contribution in [2.45, 2.75) is 18.7 Å². The second-order valence-electron chi connectivity index (χ2n) is 5.59. The molecule has 27 heavy (non-hydrogen) atoms. The molecule has 2 unspecified atom stereocenters. The van der Waals surface area contributed by atoms with Crippen LogP contribution in [0.4, 0.5) is 18.9 Å². The number of amides is 1. The zero-order valence-corrected chi connectivity index (χ0v) is 13.8. The number of benzene rings is 1. The average molecular weight is 377 g/mol. The summed E-state index contributed by atoms with van der Waals surface area (Å²) in [6.45, 7) is 0. The van der Waals surface area contributed by atoms with Crippen molar-refractivity contribution in [1.29, 1.82) is 5.26 Å². The number of carbonyl (C=O) groups excluding carboxylic acids is 2. The van der Waals surface area contributed by atoms with Crippen molar-refractivity contribution in [3.05, 3.63) is 59.9 Å². The molecule has 1 aromatic carbocycles. The van der Waals surface area contributed by atoms with Gasteiger partial charge in [0.05, 0.1) is 17.7 Å². The van der Waals surface area contributed by atoms with Crippen LogP contribution in [0.2, 0.25) is 0 Å². The number of hydrogen-bond acceptors (Lipinski definition) is 5. The molecule has 0 radical (unpaired) electrons. The summed E-state index contributed by atoms with van der Waals surface area (Å²) in [7, 11) is 0. The SMILES string of the molecule is N#CC(C(=O)CC(O)c1ccncc1)C(=O)Nc1ccc(C(F)(F)F)cc1. The van der Waals surface area contributed by atoms with Gasteiger partial charge < -0.3 is 10.4 Å². The van der Waals surface area contributed by atoms with Crippen LogP contribution in [0.1, 0.15) is 23.7 Å². The van der Waals surface area contributed by atoms with Crippen LogP contribution in [0.15, 0.2) is 48.8 Å². The number of Topliss-reactive ketones (excluding diaryl/α,β-unsaturated/α-hetero) is 1. The normalized spacial score (nSPS) is 13.3. The number of aliphatic hydroxyl groups is 1. The van der Waals surface area contributed by atoms with E-state index >= 15 is 0 Å². The van der Waals surface area contributed by atoms with Gasteiger partial charge in [0, 0.05) is 24.5 Å². The summed E-state index contributed by atoms with van der Waals surface area (Å²) in [5.74, 6) is -3.50. The number of pyridine rings is 1. The minimum absolute atomic E-state index is 0.00994. The number of nitrogens with one attached hydrogen (secondary N) is 1. The Kier molecular flexibility index (Phi) is 6.26. The number of carbonyl (C=O) groups is 2. The van der Waals surface area contributed by atoms with E-state index < -0.39 is 41.9 Å². The highest BCUT2D eigenvalue weighted by atomic mass is 19.4. The topological polar surface area (TPSA) is 103 Å². The minimum Gasteiger partial charge on any atom is -0.388 e. The van der Waals surface area contributed by atoms with E-state index in [1.165, 1.54) is 24.5 Å². The highest BCUT2D eigenvalue weighted by Gasteiger charge is 2.31. The molecule has 0 fully saturated rings. The number of hydrogen-bond donors (Lipinski definition) is 2. The maximum absolute atomic E-state index is 12.5. The van der Waals surface area contributed by atoms with Gasteiger partial charge in [-0.1, -0.05) is 0 Å². The first-order chi connectivity index (χ1) is 12.7. The number of nitrogens with zero attached hydrogens (tertiary/aromatic N) is 2. The molecule has 0 bridgehead atoms. The van der Waals surface area contributed by atoms with Crippen LogP contribution < -0.4 is 5.32 Å². The van der Waals surface area contributed by atoms with Crippen LogP contribution in [-0.2, 0) is 15.8 Å². The lowest BCUT2D eigenvalue weighted by Gasteiger charge is -2.13. The molecule has 0 aliphatic heterocycles. The van der Waals surface area contributed by atoms with Gasteiger partial charge in [-0.3, -0.25) is 14.6 Å². The minimum atomic E-state index is -4.52. The predicted octanol–water partition coefficient (Wildman–Crippen LogP) is 2.87. The van der Waals surface area contributed by atoms with Crippen LogP contribution in [0, 0.1) is 17.2 Å². The summed E-state index contributed by atoms with van der Waals surface area (Å²) in [5.41, 5.74) is -0.484. The Hall–Kier alpha value is -3.25. The number of aliphatic hydroxyl groups excluding tert-OH is 1. The molecule has 0 spiro atoms. The third-order valence-electron chi connectivity index (χ3n) is 3.68. The molecule has 2 N–H and O–H groups in total. The number of rotatable bonds is 6. The molecule has 0 aliphatic rings. The largest absolute Gasteiger partial charge is 0.416 e. The standard InChI is InChI=1S/C18H14F3N3O3/c19-18(20,21)12-1-3-13(4-2-12)24-17(27)14(10-22)16(26)9-15(25)11-5-7-23-8-6-11/h1-8,14-15,25H,9H2,(H,24,27). The summed E-state index contributed by atoms with van der Waals surface area (Å²) in [4.78, 5) is 28.1. The van der Waals surface area contributed by atoms with E-state index in [1.54, 1.807) is 6.07 Å². The summed E-state index contributed by atoms with van der Waals surface area (Å²) < 4.78 is 37.6. The second-order valence-corrected chi connectivity index (χ2v) is 5.59. The van der Waals surface area contributed by atoms with Gasteiger partial charge in [-0.25, -0.2) is 0 Å². The highest BCUT2D eigenvalue weighted by Crippen LogP contribution is 2.30. The zero-order valence-electron chi connectivity index (χ0n) is 13.8. The molecular weight excluding hydrogens is 363 g/mol. The van der Waals surface area contributed by atoms with Crippen molar-refractivity contribution in [2.24, 2.45) is 5.92 Å². The van der Waals surface area contributed by atoms with Gasteiger partial charge in [0.15, 0.2) is 11.7 Å². The summed E-state index contributed by atoms with van der Waals surface area (Å²) in [5, 5.41) is 21.3. The van der Waals surface area contributed by atoms with Crippen molar-refractivity contribution in [1.82, 2.24) is 4.98 Å². The number of halogens is 3. The molecule has 2 aromatic rings. The van der Waals surface area contributed by atoms with Crippen molar-refractivity contribution in [2.75, 3.05) is 5.32 Å². The smallest absolute Gasteiger partial charge is 0.388 e. The quantitative estimate of drug-likeness (QED) is 0.754. The van der Waals surface area contributed by atoms with E-state index in [-0.39, 0.29) is 5.69 Å². The monoisotopic (exact) mass is 377 g/mol. The Morgan fingerprint density at radius 2 is 1.74 bits per heavy atom. The third kappa shape index (κ3) is 5.36. The van der Waals surface area contributed by atoms with E-state index in [0.717, 1.165) is 24.3 Å². The fourth-order valence-electron chi connectivity index (χ4n) is 2.25. The number of anilines is 1. The number of aromatic nitrogens is 1. The molecule has 140 valence electrons. The number of nitriles is 1. The lowest BCUT2D eigenvalue weighted by atomic mass is 9.96. The Labute approximate surface area is 152 Å². The van der Waals surface area contributed by atoms with E-state index in [2.05, 4.69) is 10.3 Å². The van der Waals surface area contributed by atoms with E-state index in [4.69, 9.17) is 5.26 Å². The Bertz CT molecular complexity index is 846. The molecule has 0 saturated carbocycles. The average Bonchev–Trinajstić information content (AvgIpc) is 2.62. The van der Waals surface area contributed by atoms with Crippen molar-refractivity contribution < 1.29 is 27.9 Å². The lowest BCUT2D eigenvalue weighted by Crippen LogP contribution is -2.29. The van der Waals surface area contributed by atoms with Gasteiger partial charge >= 0.3 is 6.18 Å². The molecule has 9 heteroatoms. The van der Waals surface area contributed by atoms with Crippen LogP contribution >= 0.6 is 0 Å². The summed E-state index contributed by atoms with van der Waals surface area (Å²) in [6.07, 6.45) is -3.36. The first kappa shape index (κ1) is 20.1. The number of alkyl halides is 3. The Balaban J connectivity index is 2.02. The fraction of sp³-hybridized carbons (Fsp3) is 0.222. The summed E-state index contributed by atoms with van der Waals surface area (Å²) >= 11 is 0. The van der Waals surface area contributed by atoms with Gasteiger partial charge in [-0.15, -0.1) is 0 Å². The molecule has 2 rings (SSSR count). The third-order valence-corrected chi connectivity index (χ3v) is 3.68. The van der Waals surface area contributed by atoms with Crippen LogP contribution in [-0.4, -0.2) is 21.8 Å². The maximum atomic E-state index is 12.5. The van der Waals surface area contributed by atoms with Crippen molar-refractivity contribution in [3.8, 4) is 6.07 Å². The van der Waals surface area contributed by atoms with Crippen LogP contribution in [0.25, 0.3) is 0 Å². The molecule has 6 nitrogen and oxygen atoms in total. The van der Waals surface area contributed by atoms with Gasteiger partial charge in [-0.2, -0.15) is 18.4 Å². The van der Waals surface area contributed by atoms with E-state index in [1.807, 2.05) is 0 Å². The van der Waals surface area contributed by atoms with Gasteiger partial charge in [-0.05, 0) is 42.0 Å². The van der Waals surface area contributed by atoms with Gasteiger partial charge in [0.25, 0.3) is 0 Å². The molecular formula is C18H14F3N3O3. The molecule has 1 amide bonds. The van der Waals surface area contributed by atoms with E-state index in [0.29, 0.717) is 5.56 Å². The van der Waals surface area contributed by atoms with Crippen molar-refractivity contribution >= 4 is 17.4 Å². The van der Waals surface area contributed by atoms with Gasteiger partial charge in [0.1, 0.15) is 0 Å². The molecule has 0 aliphatic carbocycles. The second kappa shape index (κ2) is 8.42. The van der Waals surface area contributed by atoms with Crippen molar-refractivity contribution in [3.63, 3.8) is 0 Å². The zero-order chi connectivity index (χ0) is 20.0. The predicted molar refractivity (Wildman–Crippen MR) is 88.0 cm³/mol. The summed E-state index contributed by atoms with van der Waals surface area (Å²) in [6, 6.07) is 8.10. The number of ketones is 1. The first-order valence-electron chi connectivity index (χ1n) is 7.71. The molecule has 0 saturated heterocycles. The van der Waals surface area contributed by atoms with Crippen LogP contribution in [0.5, 0.6) is 0 Å². The highest BCUT2D eigenvalue weighted by molar-refractivity contribution is 6.09. The maximum Gasteiger partial charge on any atom is 0.416 e. The Morgan fingerprint density at radius 1 is 1.15 bits per heavy atom. The first-order valence-corrected chi connectivity index (χ1v) is 7.71. The Morgan fingerprint density at radius 3 is 2.26 bits per heavy atom. The van der Waals surface area contributed by atoms with E-state index in [9.17, 15) is 27.9 Å². The van der Waals surface area contributed by atoms with Gasteiger partial charge in [0.2, 0.25) is 5.91 Å². The fourth-order valence-corrected chi connectivity index (χ4v) is 2.25. The lowest BCUT2D eigenvalue weighted by molar-refractivity contribution is -0.137. The molecule has 2 atom stereocenters. The molecule has 1 aromatic heterocycles.